The summed E-state index contributed by atoms with van der Waals surface area (Å²) in [7, 11) is 0. The molecule has 3 rings (SSSR count). The zero-order chi connectivity index (χ0) is 21.7. The van der Waals surface area contributed by atoms with E-state index in [1.807, 2.05) is 0 Å². The number of anilines is 1. The van der Waals surface area contributed by atoms with Crippen LogP contribution in [0.1, 0.15) is 25.7 Å². The number of hydrogen-bond donors (Lipinski definition) is 2. The summed E-state index contributed by atoms with van der Waals surface area (Å²) in [5.41, 5.74) is 6.46. The molecule has 0 spiro atoms. The molecule has 2 fully saturated rings. The van der Waals surface area contributed by atoms with E-state index >= 15 is 0 Å². The number of amides is 2. The number of hydrogen-bond acceptors (Lipinski definition) is 6. The highest BCUT2D eigenvalue weighted by molar-refractivity contribution is 7.99. The first-order valence-electron chi connectivity index (χ1n) is 9.67. The minimum Gasteiger partial charge on any atom is -0.446 e. The van der Waals surface area contributed by atoms with Crippen LogP contribution < -0.4 is 15.8 Å². The van der Waals surface area contributed by atoms with Gasteiger partial charge in [-0.15, -0.1) is 24.9 Å². The van der Waals surface area contributed by atoms with Crippen molar-refractivity contribution in [2.24, 2.45) is 11.7 Å². The molecule has 30 heavy (non-hydrogen) atoms. The Kier molecular flexibility index (Phi) is 7.35. The molecule has 2 amide bonds. The molecule has 166 valence electrons. The molecular weight excluding hydrogens is 423 g/mol. The van der Waals surface area contributed by atoms with E-state index in [-0.39, 0.29) is 23.7 Å². The van der Waals surface area contributed by atoms with E-state index in [0.717, 1.165) is 24.4 Å². The maximum absolute atomic E-state index is 12.4. The van der Waals surface area contributed by atoms with E-state index in [9.17, 15) is 22.8 Å². The molecule has 1 heterocycles. The van der Waals surface area contributed by atoms with Crippen molar-refractivity contribution >= 4 is 29.4 Å². The van der Waals surface area contributed by atoms with Gasteiger partial charge in [0.25, 0.3) is 0 Å². The van der Waals surface area contributed by atoms with Gasteiger partial charge < -0.3 is 20.1 Å². The van der Waals surface area contributed by atoms with Crippen molar-refractivity contribution in [3.8, 4) is 5.75 Å². The molecule has 11 heteroatoms. The number of ether oxygens (including phenoxy) is 2. The predicted molar refractivity (Wildman–Crippen MR) is 106 cm³/mol. The van der Waals surface area contributed by atoms with Crippen LogP contribution in [0.3, 0.4) is 0 Å². The Morgan fingerprint density at radius 3 is 2.40 bits per heavy atom. The number of nitrogens with one attached hydrogen (secondary N) is 1. The summed E-state index contributed by atoms with van der Waals surface area (Å²) in [6, 6.07) is 4.26. The molecule has 1 atom stereocenters. The van der Waals surface area contributed by atoms with Gasteiger partial charge in [-0.1, -0.05) is 0 Å². The van der Waals surface area contributed by atoms with Crippen LogP contribution in [0.15, 0.2) is 24.3 Å². The van der Waals surface area contributed by atoms with E-state index in [1.165, 1.54) is 12.1 Å². The molecule has 1 aliphatic carbocycles. The maximum atomic E-state index is 12.4. The Morgan fingerprint density at radius 1 is 1.17 bits per heavy atom. The normalized spacial score (nSPS) is 23.0. The van der Waals surface area contributed by atoms with Gasteiger partial charge in [0.15, 0.2) is 0 Å². The van der Waals surface area contributed by atoms with Crippen LogP contribution in [-0.4, -0.2) is 53.6 Å². The second kappa shape index (κ2) is 9.78. The van der Waals surface area contributed by atoms with E-state index in [4.69, 9.17) is 10.5 Å². The van der Waals surface area contributed by atoms with Gasteiger partial charge in [0.1, 0.15) is 11.9 Å². The van der Waals surface area contributed by atoms with Gasteiger partial charge in [0.2, 0.25) is 5.91 Å². The van der Waals surface area contributed by atoms with Crippen molar-refractivity contribution in [2.45, 2.75) is 44.2 Å². The number of nitrogens with zero attached hydrogens (tertiary/aromatic N) is 1. The van der Waals surface area contributed by atoms with Crippen LogP contribution in [-0.2, 0) is 9.53 Å². The highest BCUT2D eigenvalue weighted by atomic mass is 32.2. The van der Waals surface area contributed by atoms with E-state index in [2.05, 4.69) is 10.1 Å². The summed E-state index contributed by atoms with van der Waals surface area (Å²) in [4.78, 5) is 26.3. The van der Waals surface area contributed by atoms with Crippen molar-refractivity contribution < 1.29 is 32.2 Å². The molecule has 2 aliphatic rings. The second-order valence-electron chi connectivity index (χ2n) is 7.30. The lowest BCUT2D eigenvalue weighted by molar-refractivity contribution is -0.274. The van der Waals surface area contributed by atoms with E-state index in [1.54, 1.807) is 16.7 Å². The minimum atomic E-state index is -4.77. The third kappa shape index (κ3) is 6.43. The molecule has 0 radical (unpaired) electrons. The number of alkyl halides is 3. The second-order valence-corrected chi connectivity index (χ2v) is 8.38. The lowest BCUT2D eigenvalue weighted by Gasteiger charge is -2.32. The third-order valence-electron chi connectivity index (χ3n) is 5.18. The first-order valence-corrected chi connectivity index (χ1v) is 10.8. The molecule has 1 aliphatic heterocycles. The van der Waals surface area contributed by atoms with Crippen LogP contribution in [0.4, 0.5) is 23.7 Å². The lowest BCUT2D eigenvalue weighted by Crippen LogP contribution is -2.48. The first-order chi connectivity index (χ1) is 14.2. The summed E-state index contributed by atoms with van der Waals surface area (Å²) in [6.07, 6.45) is -3.16. The van der Waals surface area contributed by atoms with Gasteiger partial charge in [-0.05, 0) is 55.9 Å². The van der Waals surface area contributed by atoms with Crippen molar-refractivity contribution in [3.63, 3.8) is 0 Å². The standard InChI is InChI=1S/C19H24F3N3O4S/c20-19(21,22)29-15-7-3-13(4-8-15)24-18(27)28-14-5-1-12(2-6-14)16(23)17(26)25-9-10-30-11-25/h3-4,7-8,12,14,16H,1-2,5-6,9-11,23H2,(H,24,27)/t12?,14?,16-/m0/s1. The Balaban J connectivity index is 1.41. The molecule has 0 aromatic heterocycles. The van der Waals surface area contributed by atoms with E-state index < -0.39 is 18.5 Å². The molecule has 3 N–H and O–H groups in total. The lowest BCUT2D eigenvalue weighted by atomic mass is 9.82. The maximum Gasteiger partial charge on any atom is 0.573 e. The number of nitrogens with two attached hydrogens (primary N) is 1. The smallest absolute Gasteiger partial charge is 0.446 e. The van der Waals surface area contributed by atoms with E-state index in [0.29, 0.717) is 37.2 Å². The Hall–Kier alpha value is -2.14. The molecule has 1 aromatic rings. The van der Waals surface area contributed by atoms with Crippen LogP contribution in [0.5, 0.6) is 5.75 Å². The quantitative estimate of drug-likeness (QED) is 0.717. The fraction of sp³-hybridized carbons (Fsp3) is 0.579. The highest BCUT2D eigenvalue weighted by Crippen LogP contribution is 2.30. The minimum absolute atomic E-state index is 0.0138. The molecule has 1 saturated carbocycles. The first kappa shape index (κ1) is 22.5. The molecular formula is C19H24F3N3O4S. The van der Waals surface area contributed by atoms with Gasteiger partial charge in [-0.25, -0.2) is 4.79 Å². The van der Waals surface area contributed by atoms with Crippen LogP contribution in [0.2, 0.25) is 0 Å². The summed E-state index contributed by atoms with van der Waals surface area (Å²) >= 11 is 1.71. The zero-order valence-corrected chi connectivity index (χ0v) is 17.0. The van der Waals surface area contributed by atoms with Gasteiger partial charge in [-0.2, -0.15) is 0 Å². The third-order valence-corrected chi connectivity index (χ3v) is 6.15. The topological polar surface area (TPSA) is 93.9 Å². The van der Waals surface area contributed by atoms with Crippen molar-refractivity contribution in [1.29, 1.82) is 0 Å². The van der Waals surface area contributed by atoms with Crippen molar-refractivity contribution in [1.82, 2.24) is 4.90 Å². The van der Waals surface area contributed by atoms with Gasteiger partial charge in [0, 0.05) is 18.0 Å². The number of carbonyl (C=O) groups is 2. The Labute approximate surface area is 176 Å². The average molecular weight is 447 g/mol. The van der Waals surface area contributed by atoms with Crippen molar-refractivity contribution in [2.75, 3.05) is 23.5 Å². The summed E-state index contributed by atoms with van der Waals surface area (Å²) < 4.78 is 45.7. The highest BCUT2D eigenvalue weighted by Gasteiger charge is 2.34. The fourth-order valence-corrected chi connectivity index (χ4v) is 4.56. The predicted octanol–water partition coefficient (Wildman–Crippen LogP) is 3.55. The zero-order valence-electron chi connectivity index (χ0n) is 16.2. The number of carbonyl (C=O) groups excluding carboxylic acids is 2. The summed E-state index contributed by atoms with van der Waals surface area (Å²) in [5.74, 6) is 1.30. The van der Waals surface area contributed by atoms with Crippen LogP contribution in [0.25, 0.3) is 0 Å². The largest absolute Gasteiger partial charge is 0.573 e. The number of thioether (sulfide) groups is 1. The molecule has 1 saturated heterocycles. The van der Waals surface area contributed by atoms with Crippen LogP contribution in [0, 0.1) is 5.92 Å². The molecule has 0 bridgehead atoms. The van der Waals surface area contributed by atoms with Gasteiger partial charge in [0.05, 0.1) is 11.9 Å². The number of benzene rings is 1. The molecule has 7 nitrogen and oxygen atoms in total. The molecule has 0 unspecified atom stereocenters. The number of halogens is 3. The summed E-state index contributed by atoms with van der Waals surface area (Å²) in [5, 5.41) is 2.48. The van der Waals surface area contributed by atoms with Gasteiger partial charge >= 0.3 is 12.5 Å². The molecule has 1 aromatic carbocycles. The van der Waals surface area contributed by atoms with Crippen molar-refractivity contribution in [3.05, 3.63) is 24.3 Å². The summed E-state index contributed by atoms with van der Waals surface area (Å²) in [6.45, 7) is 0.735. The van der Waals surface area contributed by atoms with Gasteiger partial charge in [-0.3, -0.25) is 10.1 Å². The Bertz CT molecular complexity index is 734. The Morgan fingerprint density at radius 2 is 1.83 bits per heavy atom. The average Bonchev–Trinajstić information content (AvgIpc) is 3.22. The fourth-order valence-electron chi connectivity index (χ4n) is 3.60. The monoisotopic (exact) mass is 447 g/mol. The van der Waals surface area contributed by atoms with Crippen LogP contribution >= 0.6 is 11.8 Å². The SMILES string of the molecule is N[C@H](C(=O)N1CCSC1)C1CCC(OC(=O)Nc2ccc(OC(F)(F)F)cc2)CC1. The number of rotatable bonds is 5.